The number of aryl methyl sites for hydroxylation is 1. The number of oxazole rings is 1. The van der Waals surface area contributed by atoms with E-state index in [1.165, 1.54) is 31.6 Å². The van der Waals surface area contributed by atoms with Gasteiger partial charge in [0.1, 0.15) is 10.4 Å². The molecule has 0 saturated heterocycles. The highest BCUT2D eigenvalue weighted by Crippen LogP contribution is 2.20. The van der Waals surface area contributed by atoms with Crippen molar-refractivity contribution in [2.24, 2.45) is 0 Å². The molecule has 2 aromatic heterocycles. The molecular formula is C16H16N4O4S. The molecule has 3 aromatic rings. The number of nitrogens with zero attached hydrogens (tertiary/aromatic N) is 3. The number of fused-ring (bicyclic) bond motifs is 1. The maximum absolute atomic E-state index is 12.4. The third kappa shape index (κ3) is 3.67. The van der Waals surface area contributed by atoms with Gasteiger partial charge in [0.2, 0.25) is 15.9 Å². The molecule has 0 atom stereocenters. The maximum atomic E-state index is 12.4. The number of hydrogen-bond donors (Lipinski definition) is 1. The highest BCUT2D eigenvalue weighted by molar-refractivity contribution is 7.89. The summed E-state index contributed by atoms with van der Waals surface area (Å²) in [4.78, 5) is 20.2. The van der Waals surface area contributed by atoms with Gasteiger partial charge >= 0.3 is 0 Å². The van der Waals surface area contributed by atoms with Gasteiger partial charge in [-0.2, -0.15) is 4.31 Å². The molecule has 0 unspecified atom stereocenters. The number of aromatic nitrogens is 2. The Morgan fingerprint density at radius 2 is 2.12 bits per heavy atom. The van der Waals surface area contributed by atoms with Crippen molar-refractivity contribution in [2.45, 2.75) is 11.8 Å². The number of amides is 1. The first kappa shape index (κ1) is 17.1. The van der Waals surface area contributed by atoms with Gasteiger partial charge in [-0.05, 0) is 24.3 Å². The van der Waals surface area contributed by atoms with Crippen LogP contribution in [0.15, 0.2) is 52.0 Å². The Balaban J connectivity index is 1.70. The van der Waals surface area contributed by atoms with Crippen molar-refractivity contribution in [1.82, 2.24) is 14.3 Å². The quantitative estimate of drug-likeness (QED) is 0.744. The predicted octanol–water partition coefficient (Wildman–Crippen LogP) is 1.79. The number of nitrogens with one attached hydrogen (secondary N) is 1. The Kier molecular flexibility index (Phi) is 4.51. The molecule has 8 nitrogen and oxygen atoms in total. The van der Waals surface area contributed by atoms with Crippen LogP contribution >= 0.6 is 0 Å². The van der Waals surface area contributed by atoms with Crippen LogP contribution in [0.2, 0.25) is 0 Å². The number of anilines is 1. The van der Waals surface area contributed by atoms with Crippen molar-refractivity contribution in [3.8, 4) is 0 Å². The van der Waals surface area contributed by atoms with Crippen molar-refractivity contribution < 1.29 is 17.6 Å². The molecule has 25 heavy (non-hydrogen) atoms. The molecule has 0 aliphatic carbocycles. The van der Waals surface area contributed by atoms with Crippen molar-refractivity contribution in [1.29, 1.82) is 0 Å². The topological polar surface area (TPSA) is 105 Å². The van der Waals surface area contributed by atoms with Crippen LogP contribution < -0.4 is 5.32 Å². The van der Waals surface area contributed by atoms with E-state index in [4.69, 9.17) is 4.42 Å². The average molecular weight is 360 g/mol. The molecule has 1 N–H and O–H groups in total. The lowest BCUT2D eigenvalue weighted by Gasteiger charge is -2.16. The fourth-order valence-corrected chi connectivity index (χ4v) is 3.38. The molecule has 3 rings (SSSR count). The van der Waals surface area contributed by atoms with Crippen LogP contribution in [0.3, 0.4) is 0 Å². The monoisotopic (exact) mass is 360 g/mol. The van der Waals surface area contributed by atoms with E-state index in [0.29, 0.717) is 22.7 Å². The lowest BCUT2D eigenvalue weighted by Crippen LogP contribution is -2.35. The first-order valence-electron chi connectivity index (χ1n) is 7.40. The molecule has 9 heteroatoms. The second-order valence-electron chi connectivity index (χ2n) is 5.41. The summed E-state index contributed by atoms with van der Waals surface area (Å²) in [5.41, 5.74) is 1.74. The van der Waals surface area contributed by atoms with Crippen molar-refractivity contribution in [3.05, 3.63) is 48.6 Å². The van der Waals surface area contributed by atoms with E-state index in [-0.39, 0.29) is 11.4 Å². The fourth-order valence-electron chi connectivity index (χ4n) is 2.28. The lowest BCUT2D eigenvalue weighted by molar-refractivity contribution is -0.116. The van der Waals surface area contributed by atoms with Gasteiger partial charge in [-0.1, -0.05) is 0 Å². The number of hydrogen-bond acceptors (Lipinski definition) is 6. The van der Waals surface area contributed by atoms with Crippen LogP contribution in [0.4, 0.5) is 5.69 Å². The Labute approximate surface area is 144 Å². The van der Waals surface area contributed by atoms with E-state index in [9.17, 15) is 13.2 Å². The second-order valence-corrected chi connectivity index (χ2v) is 7.46. The Morgan fingerprint density at radius 3 is 2.84 bits per heavy atom. The largest absolute Gasteiger partial charge is 0.441 e. The van der Waals surface area contributed by atoms with Crippen LogP contribution in [0.5, 0.6) is 0 Å². The standard InChI is InChI=1S/C16H16N4O4S/c1-11-18-14-6-5-12(8-15(14)24-11)19-16(21)10-20(2)25(22,23)13-4-3-7-17-9-13/h3-9H,10H2,1-2H3,(H,19,21). The number of sulfonamides is 1. The highest BCUT2D eigenvalue weighted by Gasteiger charge is 2.23. The summed E-state index contributed by atoms with van der Waals surface area (Å²) >= 11 is 0. The first-order valence-corrected chi connectivity index (χ1v) is 8.84. The Morgan fingerprint density at radius 1 is 1.32 bits per heavy atom. The van der Waals surface area contributed by atoms with E-state index in [1.807, 2.05) is 0 Å². The zero-order valence-corrected chi connectivity index (χ0v) is 14.4. The Bertz CT molecular complexity index is 1020. The number of carbonyl (C=O) groups excluding carboxylic acids is 1. The molecule has 1 aromatic carbocycles. The SMILES string of the molecule is Cc1nc2ccc(NC(=O)CN(C)S(=O)(=O)c3cccnc3)cc2o1. The summed E-state index contributed by atoms with van der Waals surface area (Å²) in [6.45, 7) is 1.40. The zero-order valence-electron chi connectivity index (χ0n) is 13.6. The van der Waals surface area contributed by atoms with Crippen LogP contribution in [0.1, 0.15) is 5.89 Å². The molecule has 0 bridgehead atoms. The van der Waals surface area contributed by atoms with E-state index in [1.54, 1.807) is 25.1 Å². The number of likely N-dealkylation sites (N-methyl/N-ethyl adjacent to an activating group) is 1. The molecule has 0 fully saturated rings. The van der Waals surface area contributed by atoms with E-state index < -0.39 is 15.9 Å². The summed E-state index contributed by atoms with van der Waals surface area (Å²) in [5.74, 6) is 0.0614. The van der Waals surface area contributed by atoms with Crippen molar-refractivity contribution in [2.75, 3.05) is 18.9 Å². The van der Waals surface area contributed by atoms with Gasteiger partial charge < -0.3 is 9.73 Å². The molecule has 0 saturated carbocycles. The molecule has 130 valence electrons. The van der Waals surface area contributed by atoms with Crippen LogP contribution in [-0.2, 0) is 14.8 Å². The molecule has 0 aliphatic heterocycles. The molecule has 0 aliphatic rings. The minimum absolute atomic E-state index is 0.0313. The number of carbonyl (C=O) groups is 1. The van der Waals surface area contributed by atoms with E-state index in [2.05, 4.69) is 15.3 Å². The summed E-state index contributed by atoms with van der Waals surface area (Å²) in [6, 6.07) is 7.99. The van der Waals surface area contributed by atoms with Gasteiger partial charge in [0, 0.05) is 38.1 Å². The molecule has 1 amide bonds. The van der Waals surface area contributed by atoms with Crippen LogP contribution in [-0.4, -0.2) is 42.2 Å². The highest BCUT2D eigenvalue weighted by atomic mass is 32.2. The number of rotatable bonds is 5. The van der Waals surface area contributed by atoms with E-state index >= 15 is 0 Å². The smallest absolute Gasteiger partial charge is 0.244 e. The summed E-state index contributed by atoms with van der Waals surface area (Å²) in [6.07, 6.45) is 2.72. The third-order valence-electron chi connectivity index (χ3n) is 3.49. The molecular weight excluding hydrogens is 344 g/mol. The zero-order chi connectivity index (χ0) is 18.0. The lowest BCUT2D eigenvalue weighted by atomic mass is 10.3. The summed E-state index contributed by atoms with van der Waals surface area (Å²) in [7, 11) is -2.44. The summed E-state index contributed by atoms with van der Waals surface area (Å²) in [5, 5.41) is 2.65. The normalized spacial score (nSPS) is 11.8. The third-order valence-corrected chi connectivity index (χ3v) is 5.27. The second kappa shape index (κ2) is 6.61. The van der Waals surface area contributed by atoms with Gasteiger partial charge in [0.15, 0.2) is 11.5 Å². The fraction of sp³-hybridized carbons (Fsp3) is 0.188. The van der Waals surface area contributed by atoms with Gasteiger partial charge in [0.05, 0.1) is 6.54 Å². The molecule has 2 heterocycles. The molecule has 0 radical (unpaired) electrons. The van der Waals surface area contributed by atoms with Crippen molar-refractivity contribution >= 4 is 32.7 Å². The molecule has 0 spiro atoms. The predicted molar refractivity (Wildman–Crippen MR) is 91.4 cm³/mol. The van der Waals surface area contributed by atoms with Gasteiger partial charge in [-0.25, -0.2) is 13.4 Å². The Hall–Kier alpha value is -2.78. The van der Waals surface area contributed by atoms with Gasteiger partial charge in [-0.3, -0.25) is 9.78 Å². The number of benzene rings is 1. The van der Waals surface area contributed by atoms with Gasteiger partial charge in [-0.15, -0.1) is 0 Å². The summed E-state index contributed by atoms with van der Waals surface area (Å²) < 4.78 is 31.1. The minimum Gasteiger partial charge on any atom is -0.441 e. The minimum atomic E-state index is -3.78. The first-order chi connectivity index (χ1) is 11.9. The van der Waals surface area contributed by atoms with Crippen LogP contribution in [0, 0.1) is 6.92 Å². The maximum Gasteiger partial charge on any atom is 0.244 e. The van der Waals surface area contributed by atoms with Crippen molar-refractivity contribution in [3.63, 3.8) is 0 Å². The average Bonchev–Trinajstić information content (AvgIpc) is 2.94. The van der Waals surface area contributed by atoms with E-state index in [0.717, 1.165) is 4.31 Å². The number of pyridine rings is 1. The van der Waals surface area contributed by atoms with Gasteiger partial charge in [0.25, 0.3) is 0 Å². The van der Waals surface area contributed by atoms with Crippen LogP contribution in [0.25, 0.3) is 11.1 Å².